The molecule has 11 heteroatoms. The third-order valence-electron chi connectivity index (χ3n) is 6.69. The van der Waals surface area contributed by atoms with E-state index in [1.54, 1.807) is 6.92 Å². The first-order chi connectivity index (χ1) is 16.6. The van der Waals surface area contributed by atoms with Gasteiger partial charge in [-0.25, -0.2) is 0 Å². The van der Waals surface area contributed by atoms with E-state index in [0.29, 0.717) is 0 Å². The highest BCUT2D eigenvalue weighted by atomic mass is 32.2. The zero-order valence-corrected chi connectivity index (χ0v) is 24.3. The molecule has 200 valence electrons. The maximum atomic E-state index is 11.9. The second kappa shape index (κ2) is 10.6. The standard InChI is InChI=1S/C25H36O8S2Si/c1-20-23(33-35(6,28)29)17-30-25(20,18-31-34(5,26)27)19-32-36(24(2,3)4,21-13-9-7-10-14-21)22-15-11-8-12-16-22/h7-16,20,23H,17-19H2,1-6H3/t20-,23-,25+/m0/s1. The minimum Gasteiger partial charge on any atom is -0.404 e. The van der Waals surface area contributed by atoms with Gasteiger partial charge in [-0.1, -0.05) is 88.4 Å². The number of hydrogen-bond acceptors (Lipinski definition) is 8. The van der Waals surface area contributed by atoms with E-state index >= 15 is 0 Å². The van der Waals surface area contributed by atoms with E-state index < -0.39 is 46.2 Å². The first-order valence-corrected chi connectivity index (χ1v) is 17.3. The lowest BCUT2D eigenvalue weighted by Crippen LogP contribution is -2.68. The van der Waals surface area contributed by atoms with Gasteiger partial charge in [-0.2, -0.15) is 16.8 Å². The molecule has 0 aromatic heterocycles. The molecule has 8 nitrogen and oxygen atoms in total. The number of ether oxygens (including phenoxy) is 1. The van der Waals surface area contributed by atoms with Crippen LogP contribution in [0.2, 0.25) is 5.04 Å². The predicted molar refractivity (Wildman–Crippen MR) is 142 cm³/mol. The first kappa shape index (κ1) is 29.0. The van der Waals surface area contributed by atoms with Gasteiger partial charge in [-0.3, -0.25) is 8.37 Å². The molecule has 0 radical (unpaired) electrons. The van der Waals surface area contributed by atoms with E-state index in [1.807, 2.05) is 36.4 Å². The summed E-state index contributed by atoms with van der Waals surface area (Å²) in [5.74, 6) is -0.535. The minimum absolute atomic E-state index is 0.0133. The van der Waals surface area contributed by atoms with Crippen molar-refractivity contribution in [2.24, 2.45) is 5.92 Å². The van der Waals surface area contributed by atoms with Crippen LogP contribution < -0.4 is 10.4 Å². The summed E-state index contributed by atoms with van der Waals surface area (Å²) >= 11 is 0. The molecule has 0 amide bonds. The molecule has 2 aromatic rings. The van der Waals surface area contributed by atoms with Gasteiger partial charge < -0.3 is 9.16 Å². The van der Waals surface area contributed by atoms with Crippen molar-refractivity contribution in [1.29, 1.82) is 0 Å². The highest BCUT2D eigenvalue weighted by Gasteiger charge is 2.55. The Balaban J connectivity index is 2.09. The lowest BCUT2D eigenvalue weighted by atomic mass is 9.89. The van der Waals surface area contributed by atoms with E-state index in [-0.39, 0.29) is 24.9 Å². The zero-order chi connectivity index (χ0) is 26.8. The van der Waals surface area contributed by atoms with E-state index in [2.05, 4.69) is 45.0 Å². The highest BCUT2D eigenvalue weighted by molar-refractivity contribution is 7.86. The number of hydrogen-bond donors (Lipinski definition) is 0. The molecule has 1 aliphatic rings. The van der Waals surface area contributed by atoms with Crippen molar-refractivity contribution in [2.75, 3.05) is 32.3 Å². The van der Waals surface area contributed by atoms with E-state index in [9.17, 15) is 16.8 Å². The maximum absolute atomic E-state index is 11.9. The van der Waals surface area contributed by atoms with Crippen LogP contribution in [-0.4, -0.2) is 69.2 Å². The fourth-order valence-corrected chi connectivity index (χ4v) is 10.5. The lowest BCUT2D eigenvalue weighted by molar-refractivity contribution is -0.0791. The number of benzene rings is 2. The fraction of sp³-hybridized carbons (Fsp3) is 0.520. The van der Waals surface area contributed by atoms with Crippen LogP contribution in [0.15, 0.2) is 60.7 Å². The van der Waals surface area contributed by atoms with Crippen LogP contribution in [0.4, 0.5) is 0 Å². The lowest BCUT2D eigenvalue weighted by Gasteiger charge is -2.45. The van der Waals surface area contributed by atoms with Gasteiger partial charge in [0.05, 0.1) is 32.3 Å². The van der Waals surface area contributed by atoms with Crippen LogP contribution in [0.3, 0.4) is 0 Å². The van der Waals surface area contributed by atoms with Gasteiger partial charge in [0.2, 0.25) is 0 Å². The smallest absolute Gasteiger partial charge is 0.264 e. The van der Waals surface area contributed by atoms with Crippen LogP contribution >= 0.6 is 0 Å². The highest BCUT2D eigenvalue weighted by Crippen LogP contribution is 2.41. The zero-order valence-electron chi connectivity index (χ0n) is 21.6. The normalized spacial score (nSPS) is 23.6. The van der Waals surface area contributed by atoms with E-state index in [0.717, 1.165) is 22.9 Å². The molecule has 1 saturated heterocycles. The van der Waals surface area contributed by atoms with Crippen LogP contribution in [-0.2, 0) is 37.8 Å². The van der Waals surface area contributed by atoms with Crippen molar-refractivity contribution >= 4 is 38.9 Å². The summed E-state index contributed by atoms with van der Waals surface area (Å²) in [6.07, 6.45) is 1.14. The molecular weight excluding hydrogens is 520 g/mol. The van der Waals surface area contributed by atoms with Gasteiger partial charge in [0.25, 0.3) is 28.6 Å². The van der Waals surface area contributed by atoms with Gasteiger partial charge in [-0.15, -0.1) is 0 Å². The third kappa shape index (κ3) is 6.44. The second-order valence-electron chi connectivity index (χ2n) is 10.4. The first-order valence-electron chi connectivity index (χ1n) is 11.7. The summed E-state index contributed by atoms with van der Waals surface area (Å²) in [4.78, 5) is 0. The fourth-order valence-electron chi connectivity index (χ4n) is 4.78. The molecule has 0 saturated carbocycles. The molecule has 36 heavy (non-hydrogen) atoms. The van der Waals surface area contributed by atoms with Crippen molar-refractivity contribution in [3.8, 4) is 0 Å². The summed E-state index contributed by atoms with van der Waals surface area (Å²) < 4.78 is 71.1. The number of rotatable bonds is 10. The van der Waals surface area contributed by atoms with Gasteiger partial charge in [0, 0.05) is 5.92 Å². The predicted octanol–water partition coefficient (Wildman–Crippen LogP) is 2.29. The Morgan fingerprint density at radius 2 is 1.39 bits per heavy atom. The van der Waals surface area contributed by atoms with E-state index in [1.165, 1.54) is 0 Å². The van der Waals surface area contributed by atoms with Gasteiger partial charge in [0.15, 0.2) is 0 Å². The Hall–Kier alpha value is -1.60. The van der Waals surface area contributed by atoms with Crippen LogP contribution in [0.25, 0.3) is 0 Å². The Labute approximate surface area is 216 Å². The monoisotopic (exact) mass is 556 g/mol. The molecule has 0 aliphatic carbocycles. The van der Waals surface area contributed by atoms with Gasteiger partial charge in [0.1, 0.15) is 11.7 Å². The molecular formula is C25H36O8S2Si. The summed E-state index contributed by atoms with van der Waals surface area (Å²) in [5, 5.41) is 1.79. The minimum atomic E-state index is -3.80. The molecule has 0 N–H and O–H groups in total. The summed E-state index contributed by atoms with van der Waals surface area (Å²) in [6, 6.07) is 20.0. The molecule has 3 rings (SSSR count). The van der Waals surface area contributed by atoms with E-state index in [4.69, 9.17) is 17.5 Å². The average molecular weight is 557 g/mol. The van der Waals surface area contributed by atoms with Crippen LogP contribution in [0.1, 0.15) is 27.7 Å². The molecule has 0 bridgehead atoms. The van der Waals surface area contributed by atoms with Gasteiger partial charge in [-0.05, 0) is 15.4 Å². The molecule has 1 fully saturated rings. The van der Waals surface area contributed by atoms with Crippen molar-refractivity contribution in [3.05, 3.63) is 60.7 Å². The molecule has 0 unspecified atom stereocenters. The van der Waals surface area contributed by atoms with Crippen molar-refractivity contribution in [3.63, 3.8) is 0 Å². The van der Waals surface area contributed by atoms with Crippen molar-refractivity contribution < 1.29 is 34.4 Å². The van der Waals surface area contributed by atoms with Crippen LogP contribution in [0, 0.1) is 5.92 Å². The second-order valence-corrected chi connectivity index (χ2v) is 18.0. The topological polar surface area (TPSA) is 105 Å². The Kier molecular flexibility index (Phi) is 8.56. The van der Waals surface area contributed by atoms with Crippen LogP contribution in [0.5, 0.6) is 0 Å². The largest absolute Gasteiger partial charge is 0.404 e. The molecule has 2 aromatic carbocycles. The van der Waals surface area contributed by atoms with Crippen molar-refractivity contribution in [2.45, 2.75) is 44.4 Å². The third-order valence-corrected chi connectivity index (χ3v) is 12.8. The summed E-state index contributed by atoms with van der Waals surface area (Å²) in [7, 11) is -10.5. The Morgan fingerprint density at radius 3 is 1.81 bits per heavy atom. The molecule has 1 aliphatic heterocycles. The molecule has 0 spiro atoms. The summed E-state index contributed by atoms with van der Waals surface area (Å²) in [6.45, 7) is 7.79. The van der Waals surface area contributed by atoms with Gasteiger partial charge >= 0.3 is 0 Å². The maximum Gasteiger partial charge on any atom is 0.264 e. The average Bonchev–Trinajstić information content (AvgIpc) is 3.07. The van der Waals surface area contributed by atoms with Crippen molar-refractivity contribution in [1.82, 2.24) is 0 Å². The quantitative estimate of drug-likeness (QED) is 0.324. The SMILES string of the molecule is C[C@H]1[C@@H](OS(C)(=O)=O)CO[C@@]1(CO[Si](c1ccccc1)(c1ccccc1)C(C)(C)C)COS(C)(=O)=O. The molecule has 3 atom stereocenters. The summed E-state index contributed by atoms with van der Waals surface area (Å²) in [5.41, 5.74) is -1.24. The Morgan fingerprint density at radius 1 is 0.889 bits per heavy atom. The Bertz CT molecular complexity index is 1190. The molecule has 1 heterocycles.